The summed E-state index contributed by atoms with van der Waals surface area (Å²) in [5.41, 5.74) is 2.97. The van der Waals surface area contributed by atoms with Gasteiger partial charge in [0, 0.05) is 6.54 Å². The summed E-state index contributed by atoms with van der Waals surface area (Å²) < 4.78 is 0. The zero-order valence-electron chi connectivity index (χ0n) is 8.23. The van der Waals surface area contributed by atoms with Gasteiger partial charge in [0.15, 0.2) is 0 Å². The third-order valence-corrected chi connectivity index (χ3v) is 2.12. The van der Waals surface area contributed by atoms with Crippen LogP contribution in [-0.2, 0) is 4.84 Å². The molecule has 3 heteroatoms. The molecular formula is C9H20NOSi. The van der Waals surface area contributed by atoms with E-state index in [-0.39, 0.29) is 8.80 Å². The summed E-state index contributed by atoms with van der Waals surface area (Å²) in [6.07, 6.45) is 6.34. The van der Waals surface area contributed by atoms with Crippen LogP contribution in [0.25, 0.3) is 0 Å². The highest BCUT2D eigenvalue weighted by Gasteiger charge is 1.94. The van der Waals surface area contributed by atoms with E-state index in [2.05, 4.69) is 25.2 Å². The average Bonchev–Trinajstić information content (AvgIpc) is 2.02. The Morgan fingerprint density at radius 2 is 2.17 bits per heavy atom. The van der Waals surface area contributed by atoms with Crippen LogP contribution in [0.1, 0.15) is 19.3 Å². The Morgan fingerprint density at radius 1 is 1.42 bits per heavy atom. The highest BCUT2D eigenvalue weighted by atomic mass is 28.3. The molecule has 0 saturated carbocycles. The summed E-state index contributed by atoms with van der Waals surface area (Å²) in [5.74, 6) is 0. The minimum atomic E-state index is -0.233. The second-order valence-electron chi connectivity index (χ2n) is 3.17. The molecule has 0 saturated heterocycles. The van der Waals surface area contributed by atoms with Crippen LogP contribution in [0.3, 0.4) is 0 Å². The van der Waals surface area contributed by atoms with Crippen molar-refractivity contribution >= 4 is 8.80 Å². The molecule has 0 atom stereocenters. The Morgan fingerprint density at radius 3 is 2.75 bits per heavy atom. The van der Waals surface area contributed by atoms with E-state index in [4.69, 9.17) is 4.84 Å². The van der Waals surface area contributed by atoms with Gasteiger partial charge in [-0.3, -0.25) is 0 Å². The quantitative estimate of drug-likeness (QED) is 0.271. The summed E-state index contributed by atoms with van der Waals surface area (Å²) in [5, 5.41) is 0. The lowest BCUT2D eigenvalue weighted by molar-refractivity contribution is 0.0719. The van der Waals surface area contributed by atoms with Gasteiger partial charge in [0.2, 0.25) is 0 Å². The number of hydrogen-bond acceptors (Lipinski definition) is 2. The molecule has 0 aliphatic heterocycles. The standard InChI is InChI=1S/C9H20NOSi/c1-4-5-6-7-8-10-11-9-12(2)3/h4,10H,1,5-9H2,2-3H3. The van der Waals surface area contributed by atoms with Gasteiger partial charge in [-0.25, -0.2) is 5.48 Å². The van der Waals surface area contributed by atoms with Crippen molar-refractivity contribution in [2.45, 2.75) is 32.4 Å². The molecule has 0 heterocycles. The van der Waals surface area contributed by atoms with Crippen LogP contribution in [-0.4, -0.2) is 21.6 Å². The maximum Gasteiger partial charge on any atom is 0.0768 e. The molecule has 12 heavy (non-hydrogen) atoms. The first-order chi connectivity index (χ1) is 5.77. The van der Waals surface area contributed by atoms with Crippen molar-refractivity contribution < 1.29 is 4.84 Å². The molecule has 71 valence electrons. The molecule has 0 spiro atoms. The van der Waals surface area contributed by atoms with Crippen LogP contribution < -0.4 is 5.48 Å². The van der Waals surface area contributed by atoms with Crippen LogP contribution in [0.15, 0.2) is 12.7 Å². The fraction of sp³-hybridized carbons (Fsp3) is 0.778. The molecule has 0 aromatic rings. The molecule has 0 rings (SSSR count). The van der Waals surface area contributed by atoms with Gasteiger partial charge in [0.25, 0.3) is 0 Å². The summed E-state index contributed by atoms with van der Waals surface area (Å²) >= 11 is 0. The first-order valence-electron chi connectivity index (χ1n) is 4.52. The van der Waals surface area contributed by atoms with E-state index in [1.807, 2.05) is 6.08 Å². The maximum absolute atomic E-state index is 5.24. The summed E-state index contributed by atoms with van der Waals surface area (Å²) in [7, 11) is -0.233. The lowest BCUT2D eigenvalue weighted by Gasteiger charge is -2.05. The number of nitrogens with one attached hydrogen (secondary N) is 1. The van der Waals surface area contributed by atoms with Gasteiger partial charge in [-0.2, -0.15) is 0 Å². The van der Waals surface area contributed by atoms with Crippen LogP contribution in [0, 0.1) is 0 Å². The summed E-state index contributed by atoms with van der Waals surface area (Å²) in [6.45, 7) is 9.11. The van der Waals surface area contributed by atoms with Crippen molar-refractivity contribution in [1.82, 2.24) is 5.48 Å². The van der Waals surface area contributed by atoms with Crippen LogP contribution >= 0.6 is 0 Å². The van der Waals surface area contributed by atoms with Crippen molar-refractivity contribution in [3.8, 4) is 0 Å². The van der Waals surface area contributed by atoms with Gasteiger partial charge in [-0.05, 0) is 19.3 Å². The van der Waals surface area contributed by atoms with Gasteiger partial charge in [-0.15, -0.1) is 6.58 Å². The predicted molar refractivity (Wildman–Crippen MR) is 55.5 cm³/mol. The second-order valence-corrected chi connectivity index (χ2v) is 5.88. The van der Waals surface area contributed by atoms with E-state index >= 15 is 0 Å². The Bertz CT molecular complexity index is 107. The number of hydroxylamine groups is 1. The molecule has 0 aromatic carbocycles. The fourth-order valence-electron chi connectivity index (χ4n) is 0.753. The lowest BCUT2D eigenvalue weighted by Crippen LogP contribution is -2.22. The van der Waals surface area contributed by atoms with Gasteiger partial charge in [-0.1, -0.05) is 19.2 Å². The van der Waals surface area contributed by atoms with Gasteiger partial charge in [0.1, 0.15) is 0 Å². The van der Waals surface area contributed by atoms with Crippen LogP contribution in [0.2, 0.25) is 13.1 Å². The zero-order chi connectivity index (χ0) is 9.23. The third-order valence-electron chi connectivity index (χ3n) is 1.40. The number of hydrogen-bond donors (Lipinski definition) is 1. The Kier molecular flexibility index (Phi) is 8.88. The molecule has 0 fully saturated rings. The molecule has 0 bridgehead atoms. The van der Waals surface area contributed by atoms with Crippen molar-refractivity contribution in [2.24, 2.45) is 0 Å². The monoisotopic (exact) mass is 186 g/mol. The van der Waals surface area contributed by atoms with Gasteiger partial charge in [0.05, 0.1) is 15.0 Å². The highest BCUT2D eigenvalue weighted by molar-refractivity contribution is 6.55. The fourth-order valence-corrected chi connectivity index (χ4v) is 1.14. The summed E-state index contributed by atoms with van der Waals surface area (Å²) in [4.78, 5) is 5.24. The van der Waals surface area contributed by atoms with Gasteiger partial charge < -0.3 is 4.84 Å². The van der Waals surface area contributed by atoms with E-state index in [9.17, 15) is 0 Å². The normalized spacial score (nSPS) is 10.6. The predicted octanol–water partition coefficient (Wildman–Crippen LogP) is 2.16. The molecule has 0 unspecified atom stereocenters. The molecule has 0 aliphatic rings. The molecule has 1 radical (unpaired) electrons. The number of rotatable bonds is 8. The average molecular weight is 186 g/mol. The Hall–Kier alpha value is -0.123. The maximum atomic E-state index is 5.24. The smallest absolute Gasteiger partial charge is 0.0768 e. The van der Waals surface area contributed by atoms with E-state index in [1.54, 1.807) is 0 Å². The second kappa shape index (κ2) is 8.97. The molecule has 2 nitrogen and oxygen atoms in total. The minimum absolute atomic E-state index is 0.233. The molecule has 0 amide bonds. The molecular weight excluding hydrogens is 166 g/mol. The Labute approximate surface area is 77.6 Å². The third kappa shape index (κ3) is 9.88. The van der Waals surface area contributed by atoms with Gasteiger partial charge >= 0.3 is 0 Å². The minimum Gasteiger partial charge on any atom is -0.306 e. The molecule has 1 N–H and O–H groups in total. The van der Waals surface area contributed by atoms with Crippen molar-refractivity contribution in [1.29, 1.82) is 0 Å². The highest BCUT2D eigenvalue weighted by Crippen LogP contribution is 1.93. The lowest BCUT2D eigenvalue weighted by atomic mass is 10.2. The first-order valence-corrected chi connectivity index (χ1v) is 7.22. The summed E-state index contributed by atoms with van der Waals surface area (Å²) in [6, 6.07) is 0. The van der Waals surface area contributed by atoms with Crippen molar-refractivity contribution in [3.05, 3.63) is 12.7 Å². The van der Waals surface area contributed by atoms with Crippen molar-refractivity contribution in [2.75, 3.05) is 12.8 Å². The largest absolute Gasteiger partial charge is 0.306 e. The van der Waals surface area contributed by atoms with E-state index in [0.717, 1.165) is 19.2 Å². The zero-order valence-corrected chi connectivity index (χ0v) is 9.23. The topological polar surface area (TPSA) is 21.3 Å². The van der Waals surface area contributed by atoms with E-state index < -0.39 is 0 Å². The van der Waals surface area contributed by atoms with Crippen molar-refractivity contribution in [3.63, 3.8) is 0 Å². The van der Waals surface area contributed by atoms with Crippen LogP contribution in [0.4, 0.5) is 0 Å². The van der Waals surface area contributed by atoms with E-state index in [0.29, 0.717) is 0 Å². The first kappa shape index (κ1) is 11.9. The SMILES string of the molecule is C=CCCCCNOC[Si](C)C. The Balaban J connectivity index is 2.86. The molecule has 0 aromatic heterocycles. The van der Waals surface area contributed by atoms with E-state index in [1.165, 1.54) is 12.8 Å². The van der Waals surface area contributed by atoms with Crippen LogP contribution in [0.5, 0.6) is 0 Å². The number of unbranched alkanes of at least 4 members (excludes halogenated alkanes) is 2. The number of allylic oxidation sites excluding steroid dienone is 1. The molecule has 0 aliphatic carbocycles.